The lowest BCUT2D eigenvalue weighted by Crippen LogP contribution is -2.37. The largest absolute Gasteiger partial charge is 0.445 e. The van der Waals surface area contributed by atoms with E-state index in [1.54, 1.807) is 11.1 Å². The van der Waals surface area contributed by atoms with Crippen LogP contribution in [0.1, 0.15) is 25.6 Å². The summed E-state index contributed by atoms with van der Waals surface area (Å²) in [6, 6.07) is -0.00638. The van der Waals surface area contributed by atoms with Crippen LogP contribution in [0.3, 0.4) is 0 Å². The van der Waals surface area contributed by atoms with Crippen molar-refractivity contribution < 1.29 is 19.4 Å². The Hall–Kier alpha value is -1.80. The van der Waals surface area contributed by atoms with Crippen molar-refractivity contribution in [1.82, 2.24) is 14.5 Å². The van der Waals surface area contributed by atoms with Gasteiger partial charge in [0.15, 0.2) is 5.12 Å². The van der Waals surface area contributed by atoms with E-state index in [-0.39, 0.29) is 35.7 Å². The van der Waals surface area contributed by atoms with Gasteiger partial charge in [0, 0.05) is 43.7 Å². The molecule has 1 unspecified atom stereocenters. The van der Waals surface area contributed by atoms with Crippen molar-refractivity contribution in [3.63, 3.8) is 0 Å². The minimum absolute atomic E-state index is 0.00638. The summed E-state index contributed by atoms with van der Waals surface area (Å²) in [4.78, 5) is 29.4. The van der Waals surface area contributed by atoms with E-state index in [1.807, 2.05) is 10.8 Å². The van der Waals surface area contributed by atoms with E-state index >= 15 is 0 Å². The number of aryl methyl sites for hydroxylation is 1. The van der Waals surface area contributed by atoms with Crippen LogP contribution in [0, 0.1) is 0 Å². The van der Waals surface area contributed by atoms with Gasteiger partial charge in [0.2, 0.25) is 0 Å². The number of amides is 1. The van der Waals surface area contributed by atoms with Gasteiger partial charge in [0.05, 0.1) is 0 Å². The Bertz CT molecular complexity index is 590. The Morgan fingerprint density at radius 1 is 1.58 bits per heavy atom. The number of aliphatic hydroxyl groups is 1. The molecule has 24 heavy (non-hydrogen) atoms. The number of aromatic nitrogens is 2. The van der Waals surface area contributed by atoms with Gasteiger partial charge in [-0.3, -0.25) is 4.79 Å². The third-order valence-corrected chi connectivity index (χ3v) is 4.92. The van der Waals surface area contributed by atoms with Gasteiger partial charge in [-0.15, -0.1) is 0 Å². The number of hydrogen-bond donors (Lipinski definition) is 1. The lowest BCUT2D eigenvalue weighted by atomic mass is 10.1. The maximum Gasteiger partial charge on any atom is 0.410 e. The molecule has 0 spiro atoms. The summed E-state index contributed by atoms with van der Waals surface area (Å²) in [5, 5.41) is 9.40. The zero-order chi connectivity index (χ0) is 17.5. The monoisotopic (exact) mass is 353 g/mol. The Labute approximate surface area is 145 Å². The van der Waals surface area contributed by atoms with E-state index in [1.165, 1.54) is 24.8 Å². The van der Waals surface area contributed by atoms with E-state index < -0.39 is 0 Å². The van der Waals surface area contributed by atoms with Crippen LogP contribution in [0.2, 0.25) is 0 Å². The molecule has 2 rings (SSSR count). The molecule has 1 saturated heterocycles. The van der Waals surface area contributed by atoms with E-state index in [2.05, 4.69) is 11.6 Å². The summed E-state index contributed by atoms with van der Waals surface area (Å²) in [5.41, 5.74) is 0. The van der Waals surface area contributed by atoms with Gasteiger partial charge < -0.3 is 19.3 Å². The molecule has 132 valence electrons. The molecule has 1 aromatic heterocycles. The molecule has 1 amide bonds. The highest BCUT2D eigenvalue weighted by molar-refractivity contribution is 8.14. The number of aliphatic hydroxyl groups excluding tert-OH is 1. The fourth-order valence-corrected chi connectivity index (χ4v) is 3.91. The fraction of sp³-hybridized carbons (Fsp3) is 0.562. The Kier molecular flexibility index (Phi) is 6.86. The number of rotatable bonds is 7. The van der Waals surface area contributed by atoms with Crippen LogP contribution >= 0.6 is 11.8 Å². The third-order valence-electron chi connectivity index (χ3n) is 3.91. The van der Waals surface area contributed by atoms with Crippen LogP contribution < -0.4 is 0 Å². The smallest absolute Gasteiger partial charge is 0.410 e. The number of nitrogens with zero attached hydrogens (tertiary/aromatic N) is 3. The summed E-state index contributed by atoms with van der Waals surface area (Å²) in [6.07, 6.45) is 6.06. The maximum absolute atomic E-state index is 12.2. The predicted octanol–water partition coefficient (Wildman–Crippen LogP) is 1.81. The lowest BCUT2D eigenvalue weighted by Gasteiger charge is -2.24. The van der Waals surface area contributed by atoms with Gasteiger partial charge in [0.1, 0.15) is 19.0 Å². The lowest BCUT2D eigenvalue weighted by molar-refractivity contribution is -0.109. The molecule has 8 heteroatoms. The molecule has 0 aromatic carbocycles. The number of hydrogen-bond acceptors (Lipinski definition) is 6. The van der Waals surface area contributed by atoms with Crippen LogP contribution in [0.25, 0.3) is 0 Å². The molecular formula is C16H23N3O4S. The Morgan fingerprint density at radius 2 is 2.38 bits per heavy atom. The second-order valence-electron chi connectivity index (χ2n) is 5.62. The molecule has 1 aliphatic heterocycles. The van der Waals surface area contributed by atoms with Gasteiger partial charge in [-0.2, -0.15) is 0 Å². The number of thioether (sulfide) groups is 1. The van der Waals surface area contributed by atoms with Crippen LogP contribution in [0.15, 0.2) is 25.0 Å². The van der Waals surface area contributed by atoms with E-state index in [0.717, 1.165) is 6.42 Å². The first-order valence-corrected chi connectivity index (χ1v) is 8.75. The van der Waals surface area contributed by atoms with Gasteiger partial charge in [-0.05, 0) is 12.8 Å². The molecule has 0 bridgehead atoms. The third kappa shape index (κ3) is 4.85. The molecule has 1 aromatic rings. The Morgan fingerprint density at radius 3 is 3.04 bits per heavy atom. The minimum Gasteiger partial charge on any atom is -0.445 e. The summed E-state index contributed by atoms with van der Waals surface area (Å²) < 4.78 is 7.03. The minimum atomic E-state index is -0.375. The topological polar surface area (TPSA) is 84.7 Å². The van der Waals surface area contributed by atoms with Gasteiger partial charge in [-0.25, -0.2) is 9.78 Å². The van der Waals surface area contributed by atoms with Crippen LogP contribution in [0.5, 0.6) is 0 Å². The van der Waals surface area contributed by atoms with Gasteiger partial charge >= 0.3 is 6.09 Å². The highest BCUT2D eigenvalue weighted by Crippen LogP contribution is 2.30. The number of carbonyl (C=O) groups excluding carboxylic acids is 2. The van der Waals surface area contributed by atoms with Crippen molar-refractivity contribution >= 4 is 23.0 Å². The van der Waals surface area contributed by atoms with Crippen LogP contribution in [0.4, 0.5) is 4.79 Å². The molecule has 7 nitrogen and oxygen atoms in total. The fourth-order valence-electron chi connectivity index (χ4n) is 2.89. The standard InChI is InChI=1S/C16H23N3O4S/c1-3-8-23-16(22)19-10-14(24-12(2)21)9-13(19)4-6-18-7-5-17-15(18)11-20/h3,5,7,13-14,20H,1,4,6,8-11H2,2H3/t13?,14-/m0/s1. The highest BCUT2D eigenvalue weighted by Gasteiger charge is 2.36. The van der Waals surface area contributed by atoms with Gasteiger partial charge in [0.25, 0.3) is 0 Å². The second kappa shape index (κ2) is 8.89. The number of carbonyl (C=O) groups is 2. The van der Waals surface area contributed by atoms with Crippen molar-refractivity contribution in [2.75, 3.05) is 13.2 Å². The molecule has 1 aliphatic rings. The first-order chi connectivity index (χ1) is 11.5. The highest BCUT2D eigenvalue weighted by atomic mass is 32.2. The molecule has 1 N–H and O–H groups in total. The predicted molar refractivity (Wildman–Crippen MR) is 91.5 cm³/mol. The summed E-state index contributed by atoms with van der Waals surface area (Å²) in [5.74, 6) is 0.600. The average molecular weight is 353 g/mol. The molecular weight excluding hydrogens is 330 g/mol. The van der Waals surface area contributed by atoms with E-state index in [9.17, 15) is 14.7 Å². The SMILES string of the molecule is C=CCOC(=O)N1C[C@@H](SC(C)=O)CC1CCn1ccnc1CO. The first kappa shape index (κ1) is 18.5. The number of likely N-dealkylation sites (tertiary alicyclic amines) is 1. The van der Waals surface area contributed by atoms with E-state index in [0.29, 0.717) is 25.3 Å². The van der Waals surface area contributed by atoms with Crippen molar-refractivity contribution in [1.29, 1.82) is 0 Å². The first-order valence-electron chi connectivity index (χ1n) is 7.87. The normalized spacial score (nSPS) is 20.2. The molecule has 0 aliphatic carbocycles. The number of imidazole rings is 1. The molecule has 2 atom stereocenters. The average Bonchev–Trinajstić information content (AvgIpc) is 3.16. The summed E-state index contributed by atoms with van der Waals surface area (Å²) in [6.45, 7) is 6.28. The summed E-state index contributed by atoms with van der Waals surface area (Å²) >= 11 is 1.27. The molecule has 2 heterocycles. The van der Waals surface area contributed by atoms with Crippen molar-refractivity contribution in [2.45, 2.75) is 44.2 Å². The maximum atomic E-state index is 12.2. The Balaban J connectivity index is 2.00. The zero-order valence-corrected chi connectivity index (χ0v) is 14.6. The molecule has 0 radical (unpaired) electrons. The molecule has 1 fully saturated rings. The summed E-state index contributed by atoms with van der Waals surface area (Å²) in [7, 11) is 0. The quantitative estimate of drug-likeness (QED) is 0.753. The van der Waals surface area contributed by atoms with Crippen molar-refractivity contribution in [3.8, 4) is 0 Å². The second-order valence-corrected chi connectivity index (χ2v) is 7.10. The van der Waals surface area contributed by atoms with Crippen molar-refractivity contribution in [2.24, 2.45) is 0 Å². The molecule has 0 saturated carbocycles. The van der Waals surface area contributed by atoms with Crippen molar-refractivity contribution in [3.05, 3.63) is 30.9 Å². The number of ether oxygens (including phenoxy) is 1. The zero-order valence-electron chi connectivity index (χ0n) is 13.8. The van der Waals surface area contributed by atoms with Crippen LogP contribution in [-0.2, 0) is 22.7 Å². The van der Waals surface area contributed by atoms with Gasteiger partial charge in [-0.1, -0.05) is 24.4 Å². The van der Waals surface area contributed by atoms with E-state index in [4.69, 9.17) is 4.74 Å². The van der Waals surface area contributed by atoms with Crippen LogP contribution in [-0.4, -0.2) is 55.2 Å².